The number of carbonyl (C=O) groups excluding carboxylic acids is 2. The van der Waals surface area contributed by atoms with Crippen LogP contribution in [0, 0.1) is 0 Å². The van der Waals surface area contributed by atoms with E-state index in [2.05, 4.69) is 21.2 Å². The van der Waals surface area contributed by atoms with Gasteiger partial charge in [-0.3, -0.25) is 9.59 Å². The van der Waals surface area contributed by atoms with E-state index in [-0.39, 0.29) is 11.8 Å². The Balaban J connectivity index is 1.98. The number of nitrogens with one attached hydrogen (secondary N) is 1. The van der Waals surface area contributed by atoms with Crippen molar-refractivity contribution in [3.05, 3.63) is 64.6 Å². The van der Waals surface area contributed by atoms with Gasteiger partial charge >= 0.3 is 0 Å². The van der Waals surface area contributed by atoms with Crippen LogP contribution < -0.4 is 10.2 Å². The highest BCUT2D eigenvalue weighted by molar-refractivity contribution is 9.10. The molecule has 2 rings (SSSR count). The highest BCUT2D eigenvalue weighted by Gasteiger charge is 2.14. The Kier molecular flexibility index (Phi) is 5.72. The zero-order valence-corrected chi connectivity index (χ0v) is 13.8. The van der Waals surface area contributed by atoms with E-state index < -0.39 is 0 Å². The van der Waals surface area contributed by atoms with Gasteiger partial charge in [0.05, 0.1) is 5.69 Å². The topological polar surface area (TPSA) is 49.4 Å². The van der Waals surface area contributed by atoms with Gasteiger partial charge in [-0.2, -0.15) is 0 Å². The van der Waals surface area contributed by atoms with Crippen molar-refractivity contribution in [3.63, 3.8) is 0 Å². The van der Waals surface area contributed by atoms with Crippen molar-refractivity contribution in [1.82, 2.24) is 5.32 Å². The van der Waals surface area contributed by atoms with E-state index in [4.69, 9.17) is 0 Å². The van der Waals surface area contributed by atoms with Gasteiger partial charge < -0.3 is 10.2 Å². The maximum atomic E-state index is 12.0. The summed E-state index contributed by atoms with van der Waals surface area (Å²) in [6.45, 7) is 2.31. The first-order chi connectivity index (χ1) is 10.6. The van der Waals surface area contributed by atoms with Crippen LogP contribution in [0.1, 0.15) is 17.3 Å². The van der Waals surface area contributed by atoms with Crippen LogP contribution in [0.15, 0.2) is 59.1 Å². The van der Waals surface area contributed by atoms with Crippen molar-refractivity contribution < 1.29 is 9.59 Å². The van der Waals surface area contributed by atoms with E-state index >= 15 is 0 Å². The lowest BCUT2D eigenvalue weighted by Crippen LogP contribution is -2.37. The lowest BCUT2D eigenvalue weighted by atomic mass is 10.2. The molecule has 5 heteroatoms. The van der Waals surface area contributed by atoms with Crippen LogP contribution in [-0.4, -0.2) is 24.9 Å². The van der Waals surface area contributed by atoms with Gasteiger partial charge in [0, 0.05) is 30.0 Å². The minimum atomic E-state index is -0.142. The zero-order valence-electron chi connectivity index (χ0n) is 12.3. The number of anilines is 1. The van der Waals surface area contributed by atoms with E-state index in [1.54, 1.807) is 17.0 Å². The number of para-hydroxylation sites is 1. The largest absolute Gasteiger partial charge is 0.350 e. The monoisotopic (exact) mass is 360 g/mol. The molecule has 0 aromatic heterocycles. The Hall–Kier alpha value is -2.14. The molecule has 2 aromatic carbocycles. The first kappa shape index (κ1) is 16.2. The summed E-state index contributed by atoms with van der Waals surface area (Å²) in [6, 6.07) is 16.5. The van der Waals surface area contributed by atoms with Gasteiger partial charge in [0.15, 0.2) is 0 Å². The van der Waals surface area contributed by atoms with Crippen LogP contribution in [0.4, 0.5) is 5.69 Å². The molecule has 114 valence electrons. The fourth-order valence-electron chi connectivity index (χ4n) is 2.09. The van der Waals surface area contributed by atoms with Crippen molar-refractivity contribution in [1.29, 1.82) is 0 Å². The molecule has 0 saturated carbocycles. The molecular formula is C17H17BrN2O2. The van der Waals surface area contributed by atoms with E-state index in [1.807, 2.05) is 42.5 Å². The third kappa shape index (κ3) is 4.18. The molecule has 2 amide bonds. The third-order valence-electron chi connectivity index (χ3n) is 3.18. The second kappa shape index (κ2) is 7.75. The van der Waals surface area contributed by atoms with Gasteiger partial charge in [0.2, 0.25) is 5.91 Å². The van der Waals surface area contributed by atoms with Crippen LogP contribution in [0.2, 0.25) is 0 Å². The molecule has 0 aliphatic carbocycles. The number of carbonyl (C=O) groups is 2. The quantitative estimate of drug-likeness (QED) is 0.889. The standard InChI is InChI=1S/C17H17BrN2O2/c1-13(21)20(16-10-6-5-9-15(16)18)12-11-19-17(22)14-7-3-2-4-8-14/h2-10H,11-12H2,1H3,(H,19,22). The number of halogens is 1. The van der Waals surface area contributed by atoms with Gasteiger partial charge in [0.1, 0.15) is 0 Å². The molecule has 0 heterocycles. The normalized spacial score (nSPS) is 10.1. The van der Waals surface area contributed by atoms with Gasteiger partial charge in [-0.1, -0.05) is 30.3 Å². The molecule has 2 aromatic rings. The zero-order chi connectivity index (χ0) is 15.9. The summed E-state index contributed by atoms with van der Waals surface area (Å²) in [5.74, 6) is -0.211. The lowest BCUT2D eigenvalue weighted by Gasteiger charge is -2.22. The summed E-state index contributed by atoms with van der Waals surface area (Å²) in [5, 5.41) is 2.83. The second-order valence-electron chi connectivity index (χ2n) is 4.74. The van der Waals surface area contributed by atoms with E-state index in [0.29, 0.717) is 18.7 Å². The van der Waals surface area contributed by atoms with Gasteiger partial charge in [0.25, 0.3) is 5.91 Å². The molecule has 0 atom stereocenters. The maximum Gasteiger partial charge on any atom is 0.251 e. The maximum absolute atomic E-state index is 12.0. The first-order valence-electron chi connectivity index (χ1n) is 6.95. The highest BCUT2D eigenvalue weighted by atomic mass is 79.9. The third-order valence-corrected chi connectivity index (χ3v) is 3.85. The number of hydrogen-bond acceptors (Lipinski definition) is 2. The number of hydrogen-bond donors (Lipinski definition) is 1. The lowest BCUT2D eigenvalue weighted by molar-refractivity contribution is -0.116. The van der Waals surface area contributed by atoms with Crippen molar-refractivity contribution >= 4 is 33.4 Å². The summed E-state index contributed by atoms with van der Waals surface area (Å²) < 4.78 is 0.847. The van der Waals surface area contributed by atoms with Crippen LogP contribution in [0.25, 0.3) is 0 Å². The summed E-state index contributed by atoms with van der Waals surface area (Å²) in [7, 11) is 0. The van der Waals surface area contributed by atoms with Gasteiger partial charge in [-0.05, 0) is 40.2 Å². The highest BCUT2D eigenvalue weighted by Crippen LogP contribution is 2.25. The summed E-state index contributed by atoms with van der Waals surface area (Å²) >= 11 is 3.44. The summed E-state index contributed by atoms with van der Waals surface area (Å²) in [6.07, 6.45) is 0. The Morgan fingerprint density at radius 2 is 1.68 bits per heavy atom. The fraction of sp³-hybridized carbons (Fsp3) is 0.176. The van der Waals surface area contributed by atoms with Crippen LogP contribution >= 0.6 is 15.9 Å². The van der Waals surface area contributed by atoms with E-state index in [1.165, 1.54) is 6.92 Å². The molecular weight excluding hydrogens is 344 g/mol. The minimum Gasteiger partial charge on any atom is -0.350 e. The van der Waals surface area contributed by atoms with Crippen molar-refractivity contribution in [2.24, 2.45) is 0 Å². The molecule has 0 aliphatic heterocycles. The predicted octanol–water partition coefficient (Wildman–Crippen LogP) is 3.23. The first-order valence-corrected chi connectivity index (χ1v) is 7.75. The van der Waals surface area contributed by atoms with Gasteiger partial charge in [-0.15, -0.1) is 0 Å². The average Bonchev–Trinajstić information content (AvgIpc) is 2.53. The second-order valence-corrected chi connectivity index (χ2v) is 5.60. The number of benzene rings is 2. The fourth-order valence-corrected chi connectivity index (χ4v) is 2.59. The van der Waals surface area contributed by atoms with Crippen LogP contribution in [-0.2, 0) is 4.79 Å². The molecule has 0 fully saturated rings. The van der Waals surface area contributed by atoms with Crippen LogP contribution in [0.5, 0.6) is 0 Å². The average molecular weight is 361 g/mol. The molecule has 1 N–H and O–H groups in total. The molecule has 0 saturated heterocycles. The minimum absolute atomic E-state index is 0.0686. The van der Waals surface area contributed by atoms with Crippen molar-refractivity contribution in [2.45, 2.75) is 6.92 Å². The SMILES string of the molecule is CC(=O)N(CCNC(=O)c1ccccc1)c1ccccc1Br. The molecule has 22 heavy (non-hydrogen) atoms. The van der Waals surface area contributed by atoms with Gasteiger partial charge in [-0.25, -0.2) is 0 Å². The Morgan fingerprint density at radius 3 is 2.32 bits per heavy atom. The van der Waals surface area contributed by atoms with E-state index in [9.17, 15) is 9.59 Å². The molecule has 0 radical (unpaired) electrons. The molecule has 0 bridgehead atoms. The number of amides is 2. The Labute approximate surface area is 138 Å². The van der Waals surface area contributed by atoms with Crippen molar-refractivity contribution in [3.8, 4) is 0 Å². The van der Waals surface area contributed by atoms with Crippen molar-refractivity contribution in [2.75, 3.05) is 18.0 Å². The summed E-state index contributed by atoms with van der Waals surface area (Å²) in [4.78, 5) is 25.4. The summed E-state index contributed by atoms with van der Waals surface area (Å²) in [5.41, 5.74) is 1.40. The number of nitrogens with zero attached hydrogens (tertiary/aromatic N) is 1. The number of rotatable bonds is 5. The molecule has 0 spiro atoms. The predicted molar refractivity (Wildman–Crippen MR) is 90.9 cm³/mol. The Morgan fingerprint density at radius 1 is 1.05 bits per heavy atom. The van der Waals surface area contributed by atoms with E-state index in [0.717, 1.165) is 10.2 Å². The Bertz CT molecular complexity index is 659. The molecule has 0 unspecified atom stereocenters. The smallest absolute Gasteiger partial charge is 0.251 e. The molecule has 4 nitrogen and oxygen atoms in total. The van der Waals surface area contributed by atoms with Crippen LogP contribution in [0.3, 0.4) is 0 Å². The molecule has 0 aliphatic rings.